The molecule has 160 valence electrons. The van der Waals surface area contributed by atoms with E-state index in [1.807, 2.05) is 23.5 Å². The van der Waals surface area contributed by atoms with E-state index in [-0.39, 0.29) is 17.5 Å². The van der Waals surface area contributed by atoms with Gasteiger partial charge in [0.15, 0.2) is 5.58 Å². The summed E-state index contributed by atoms with van der Waals surface area (Å²) in [4.78, 5) is 25.5. The van der Waals surface area contributed by atoms with Crippen molar-refractivity contribution >= 4 is 22.5 Å². The van der Waals surface area contributed by atoms with E-state index in [4.69, 9.17) is 4.42 Å². The molecule has 1 aliphatic carbocycles. The highest BCUT2D eigenvalue weighted by Gasteiger charge is 2.21. The van der Waals surface area contributed by atoms with Gasteiger partial charge in [0.1, 0.15) is 11.3 Å². The Kier molecular flexibility index (Phi) is 5.10. The van der Waals surface area contributed by atoms with Crippen LogP contribution in [0.1, 0.15) is 55.6 Å². The molecule has 0 saturated carbocycles. The number of carbonyl (C=O) groups is 1. The van der Waals surface area contributed by atoms with Crippen LogP contribution in [0, 0.1) is 0 Å². The van der Waals surface area contributed by atoms with Crippen molar-refractivity contribution in [1.82, 2.24) is 19.5 Å². The molecule has 5 rings (SSSR count). The first kappa shape index (κ1) is 19.6. The molecule has 31 heavy (non-hydrogen) atoms. The molecule has 1 amide bonds. The van der Waals surface area contributed by atoms with Crippen molar-refractivity contribution in [3.8, 4) is 0 Å². The molecule has 1 atom stereocenters. The monoisotopic (exact) mass is 418 g/mol. The first-order valence-corrected chi connectivity index (χ1v) is 11.0. The highest BCUT2D eigenvalue weighted by molar-refractivity contribution is 5.82. The third kappa shape index (κ3) is 3.54. The van der Waals surface area contributed by atoms with Crippen LogP contribution in [0.3, 0.4) is 0 Å². The molecule has 3 heterocycles. The fourth-order valence-corrected chi connectivity index (χ4v) is 4.66. The molecule has 0 bridgehead atoms. The Morgan fingerprint density at radius 1 is 1.26 bits per heavy atom. The number of aromatic nitrogens is 3. The lowest BCUT2D eigenvalue weighted by molar-refractivity contribution is -0.122. The van der Waals surface area contributed by atoms with Gasteiger partial charge in [0.2, 0.25) is 5.91 Å². The first-order valence-electron chi connectivity index (χ1n) is 11.0. The van der Waals surface area contributed by atoms with Crippen molar-refractivity contribution < 1.29 is 9.21 Å². The predicted molar refractivity (Wildman–Crippen MR) is 118 cm³/mol. The van der Waals surface area contributed by atoms with Crippen molar-refractivity contribution in [3.63, 3.8) is 0 Å². The van der Waals surface area contributed by atoms with Gasteiger partial charge in [-0.25, -0.2) is 4.68 Å². The second kappa shape index (κ2) is 8.06. The molecule has 0 unspecified atom stereocenters. The summed E-state index contributed by atoms with van der Waals surface area (Å²) in [5.74, 6) is 0.820. The average Bonchev–Trinajstić information content (AvgIpc) is 3.38. The van der Waals surface area contributed by atoms with Crippen LogP contribution >= 0.6 is 0 Å². The summed E-state index contributed by atoms with van der Waals surface area (Å²) in [7, 11) is 0. The lowest BCUT2D eigenvalue weighted by atomic mass is 9.87. The Balaban J connectivity index is 1.28. The minimum Gasteiger partial charge on any atom is -0.463 e. The molecule has 0 saturated heterocycles. The van der Waals surface area contributed by atoms with E-state index in [1.54, 1.807) is 12.3 Å². The third-order valence-corrected chi connectivity index (χ3v) is 6.17. The largest absolute Gasteiger partial charge is 0.463 e. The van der Waals surface area contributed by atoms with Gasteiger partial charge in [0, 0.05) is 31.5 Å². The average molecular weight is 418 g/mol. The van der Waals surface area contributed by atoms with Gasteiger partial charge in [0.25, 0.3) is 5.56 Å². The van der Waals surface area contributed by atoms with Crippen LogP contribution in [0.2, 0.25) is 0 Å². The standard InChI is InChI=1S/C24H26N4O3/c1-2-22-26-27(24(30)20-15-21-19(28(20)22)12-14-31-21)13-6-11-23(29)25-18-10-5-8-16-7-3-4-9-17(16)18/h3-4,7,9,12,14-15,18H,2,5-6,8,10-11,13H2,1H3,(H,25,29)/t18-/m0/s1. The number of furan rings is 1. The van der Waals surface area contributed by atoms with Gasteiger partial charge in [0.05, 0.1) is 17.8 Å². The van der Waals surface area contributed by atoms with Crippen LogP contribution in [0.25, 0.3) is 16.6 Å². The molecule has 0 fully saturated rings. The van der Waals surface area contributed by atoms with Crippen molar-refractivity contribution in [3.05, 3.63) is 70.0 Å². The van der Waals surface area contributed by atoms with E-state index in [0.717, 1.165) is 30.6 Å². The zero-order valence-electron chi connectivity index (χ0n) is 17.6. The van der Waals surface area contributed by atoms with Crippen molar-refractivity contribution in [2.75, 3.05) is 0 Å². The molecule has 7 heteroatoms. The Bertz CT molecular complexity index is 1310. The summed E-state index contributed by atoms with van der Waals surface area (Å²) in [5.41, 5.74) is 4.49. The molecule has 4 aromatic rings. The van der Waals surface area contributed by atoms with Crippen LogP contribution in [-0.4, -0.2) is 20.1 Å². The SMILES string of the molecule is CCc1nn(CCCC(=O)N[C@H]2CCCc3ccccc32)c(=O)c2cc3occc3n12. The summed E-state index contributed by atoms with van der Waals surface area (Å²) >= 11 is 0. The van der Waals surface area contributed by atoms with Gasteiger partial charge in [-0.1, -0.05) is 31.2 Å². The number of nitrogens with one attached hydrogen (secondary N) is 1. The van der Waals surface area contributed by atoms with E-state index < -0.39 is 0 Å². The topological polar surface area (TPSA) is 81.5 Å². The highest BCUT2D eigenvalue weighted by Crippen LogP contribution is 2.29. The number of nitrogens with zero attached hydrogens (tertiary/aromatic N) is 3. The summed E-state index contributed by atoms with van der Waals surface area (Å²) in [6, 6.07) is 12.0. The fourth-order valence-electron chi connectivity index (χ4n) is 4.66. The molecule has 7 nitrogen and oxygen atoms in total. The molecule has 0 radical (unpaired) electrons. The van der Waals surface area contributed by atoms with Gasteiger partial charge >= 0.3 is 0 Å². The van der Waals surface area contributed by atoms with Crippen LogP contribution in [-0.2, 0) is 24.2 Å². The number of benzene rings is 1. The van der Waals surface area contributed by atoms with E-state index in [9.17, 15) is 9.59 Å². The number of hydrogen-bond donors (Lipinski definition) is 1. The van der Waals surface area contributed by atoms with Crippen molar-refractivity contribution in [2.24, 2.45) is 0 Å². The van der Waals surface area contributed by atoms with E-state index >= 15 is 0 Å². The first-order chi connectivity index (χ1) is 15.2. The molecule has 0 aliphatic heterocycles. The predicted octanol–water partition coefficient (Wildman–Crippen LogP) is 3.78. The summed E-state index contributed by atoms with van der Waals surface area (Å²) < 4.78 is 8.81. The molecular formula is C24H26N4O3. The molecule has 3 aromatic heterocycles. The van der Waals surface area contributed by atoms with Gasteiger partial charge in [-0.3, -0.25) is 14.0 Å². The van der Waals surface area contributed by atoms with Crippen molar-refractivity contribution in [2.45, 2.75) is 58.0 Å². The van der Waals surface area contributed by atoms with Crippen molar-refractivity contribution in [1.29, 1.82) is 0 Å². The van der Waals surface area contributed by atoms with Gasteiger partial charge in [-0.2, -0.15) is 5.10 Å². The van der Waals surface area contributed by atoms with E-state index in [2.05, 4.69) is 28.6 Å². The third-order valence-electron chi connectivity index (χ3n) is 6.17. The number of hydrogen-bond acceptors (Lipinski definition) is 4. The Labute approximate surface area is 179 Å². The lowest BCUT2D eigenvalue weighted by Crippen LogP contribution is -2.31. The van der Waals surface area contributed by atoms with Crippen LogP contribution in [0.15, 0.2) is 51.9 Å². The normalized spacial score (nSPS) is 16.0. The Morgan fingerprint density at radius 2 is 2.13 bits per heavy atom. The maximum atomic E-state index is 12.9. The van der Waals surface area contributed by atoms with Crippen LogP contribution in [0.5, 0.6) is 0 Å². The Hall–Kier alpha value is -3.35. The van der Waals surface area contributed by atoms with E-state index in [1.165, 1.54) is 15.8 Å². The number of carbonyl (C=O) groups excluding carboxylic acids is 1. The zero-order valence-corrected chi connectivity index (χ0v) is 17.6. The number of aryl methyl sites for hydroxylation is 3. The number of fused-ring (bicyclic) bond motifs is 4. The second-order valence-corrected chi connectivity index (χ2v) is 8.15. The summed E-state index contributed by atoms with van der Waals surface area (Å²) in [5, 5.41) is 7.74. The second-order valence-electron chi connectivity index (χ2n) is 8.15. The van der Waals surface area contributed by atoms with Gasteiger partial charge < -0.3 is 9.73 Å². The number of amides is 1. The Morgan fingerprint density at radius 3 is 3.00 bits per heavy atom. The highest BCUT2D eigenvalue weighted by atomic mass is 16.3. The smallest absolute Gasteiger partial charge is 0.291 e. The van der Waals surface area contributed by atoms with Gasteiger partial charge in [-0.05, 0) is 36.8 Å². The maximum Gasteiger partial charge on any atom is 0.291 e. The lowest BCUT2D eigenvalue weighted by Gasteiger charge is -2.26. The zero-order chi connectivity index (χ0) is 21.4. The molecule has 1 aromatic carbocycles. The minimum atomic E-state index is -0.162. The minimum absolute atomic E-state index is 0.0201. The number of rotatable bonds is 6. The van der Waals surface area contributed by atoms with Crippen LogP contribution in [0.4, 0.5) is 0 Å². The quantitative estimate of drug-likeness (QED) is 0.517. The molecular weight excluding hydrogens is 392 g/mol. The van der Waals surface area contributed by atoms with Crippen LogP contribution < -0.4 is 10.9 Å². The molecule has 1 N–H and O–H groups in total. The van der Waals surface area contributed by atoms with Gasteiger partial charge in [-0.15, -0.1) is 0 Å². The summed E-state index contributed by atoms with van der Waals surface area (Å²) in [6.45, 7) is 2.42. The summed E-state index contributed by atoms with van der Waals surface area (Å²) in [6.07, 6.45) is 6.35. The van der Waals surface area contributed by atoms with E-state index in [0.29, 0.717) is 36.9 Å². The fraction of sp³-hybridized carbons (Fsp3) is 0.375. The maximum absolute atomic E-state index is 12.9. The molecule has 1 aliphatic rings. The molecule has 0 spiro atoms.